The molecule has 2 heteroatoms. The summed E-state index contributed by atoms with van der Waals surface area (Å²) < 4.78 is 2.78. The second-order valence-electron chi connectivity index (χ2n) is 19.9. The summed E-state index contributed by atoms with van der Waals surface area (Å²) in [6, 6.07) is 46.8. The highest BCUT2D eigenvalue weighted by atomic mass is 32.1. The van der Waals surface area contributed by atoms with Crippen molar-refractivity contribution in [2.75, 3.05) is 4.90 Å². The lowest BCUT2D eigenvalue weighted by Crippen LogP contribution is -2.39. The van der Waals surface area contributed by atoms with Gasteiger partial charge in [-0.1, -0.05) is 165 Å². The predicted molar refractivity (Wildman–Crippen MR) is 283 cm³/mol. The van der Waals surface area contributed by atoms with Crippen LogP contribution in [0.5, 0.6) is 0 Å². The Hall–Kier alpha value is -6.48. The summed E-state index contributed by atoms with van der Waals surface area (Å²) in [5.74, 6) is 0.571. The van der Waals surface area contributed by atoms with Gasteiger partial charge in [0, 0.05) is 43.2 Å². The Morgan fingerprint density at radius 3 is 2.14 bits per heavy atom. The third-order valence-corrected chi connectivity index (χ3v) is 17.4. The molecular weight excluding hydrogens is 815 g/mol. The number of fused-ring (bicyclic) bond motifs is 9. The van der Waals surface area contributed by atoms with E-state index < -0.39 is 0 Å². The number of benzene rings is 6. The van der Waals surface area contributed by atoms with Gasteiger partial charge in [-0.2, -0.15) is 0 Å². The van der Waals surface area contributed by atoms with E-state index in [1.807, 2.05) is 11.3 Å². The minimum absolute atomic E-state index is 0.0397. The first kappa shape index (κ1) is 39.8. The zero-order chi connectivity index (χ0) is 44.0. The van der Waals surface area contributed by atoms with Crippen molar-refractivity contribution in [1.29, 1.82) is 0 Å². The molecule has 0 bridgehead atoms. The first-order chi connectivity index (χ1) is 32.5. The number of nitrogens with zero attached hydrogens (tertiary/aromatic N) is 1. The number of hydrogen-bond donors (Lipinski definition) is 0. The summed E-state index contributed by atoms with van der Waals surface area (Å²) in [4.78, 5) is 2.52. The molecule has 0 fully saturated rings. The van der Waals surface area contributed by atoms with Crippen molar-refractivity contribution in [1.82, 2.24) is 0 Å². The average molecular weight is 870 g/mol. The van der Waals surface area contributed by atoms with Crippen molar-refractivity contribution in [2.24, 2.45) is 5.92 Å². The summed E-state index contributed by atoms with van der Waals surface area (Å²) in [5, 5.41) is 2.72. The third-order valence-electron chi connectivity index (χ3n) is 16.1. The van der Waals surface area contributed by atoms with E-state index in [1.54, 1.807) is 16.7 Å². The van der Waals surface area contributed by atoms with Gasteiger partial charge in [-0.25, -0.2) is 0 Å². The predicted octanol–water partition coefficient (Wildman–Crippen LogP) is 18.2. The van der Waals surface area contributed by atoms with Crippen molar-refractivity contribution in [3.63, 3.8) is 0 Å². The van der Waals surface area contributed by atoms with Crippen LogP contribution in [0.4, 0.5) is 17.1 Å². The summed E-state index contributed by atoms with van der Waals surface area (Å²) in [6.45, 7) is 4.74. The maximum absolute atomic E-state index is 2.57. The fraction of sp³-hybridized carbons (Fsp3) is 0.219. The van der Waals surface area contributed by atoms with E-state index in [-0.39, 0.29) is 10.8 Å². The molecule has 0 radical (unpaired) electrons. The molecule has 0 aliphatic heterocycles. The lowest BCUT2D eigenvalue weighted by molar-refractivity contribution is 0.323. The van der Waals surface area contributed by atoms with E-state index in [0.717, 1.165) is 50.6 Å². The Bertz CT molecular complexity index is 3350. The quantitative estimate of drug-likeness (QED) is 0.144. The number of allylic oxidation sites excluding steroid dienone is 14. The fourth-order valence-corrected chi connectivity index (χ4v) is 14.4. The fourth-order valence-electron chi connectivity index (χ4n) is 13.0. The van der Waals surface area contributed by atoms with E-state index in [0.29, 0.717) is 5.92 Å². The van der Waals surface area contributed by atoms with Gasteiger partial charge in [-0.3, -0.25) is 0 Å². The summed E-state index contributed by atoms with van der Waals surface area (Å²) in [5.41, 5.74) is 22.0. The molecule has 322 valence electrons. The van der Waals surface area contributed by atoms with Gasteiger partial charge in [0.1, 0.15) is 0 Å². The van der Waals surface area contributed by atoms with Crippen molar-refractivity contribution < 1.29 is 0 Å². The highest BCUT2D eigenvalue weighted by Gasteiger charge is 2.52. The van der Waals surface area contributed by atoms with Gasteiger partial charge in [-0.05, 0) is 161 Å². The molecule has 2 unspecified atom stereocenters. The highest BCUT2D eigenvalue weighted by molar-refractivity contribution is 7.26. The van der Waals surface area contributed by atoms with Crippen molar-refractivity contribution in [3.8, 4) is 22.3 Å². The average Bonchev–Trinajstić information content (AvgIpc) is 3.99. The van der Waals surface area contributed by atoms with E-state index in [9.17, 15) is 0 Å². The Morgan fingerprint density at radius 1 is 0.576 bits per heavy atom. The molecule has 0 amide bonds. The molecule has 1 aromatic heterocycles. The molecule has 7 aromatic rings. The number of rotatable bonds is 7. The maximum Gasteiger partial charge on any atom is 0.0640 e. The van der Waals surface area contributed by atoms with Crippen LogP contribution in [0.3, 0.4) is 0 Å². The number of hydrogen-bond acceptors (Lipinski definition) is 2. The number of thiophene rings is 1. The summed E-state index contributed by atoms with van der Waals surface area (Å²) in [6.07, 6.45) is 34.4. The molecule has 66 heavy (non-hydrogen) atoms. The molecule has 0 N–H and O–H groups in total. The second kappa shape index (κ2) is 15.6. The molecule has 13 rings (SSSR count). The van der Waals surface area contributed by atoms with Gasteiger partial charge >= 0.3 is 0 Å². The maximum atomic E-state index is 2.57. The molecule has 6 aliphatic rings. The molecule has 0 spiro atoms. The van der Waals surface area contributed by atoms with Gasteiger partial charge in [0.2, 0.25) is 0 Å². The molecule has 1 nitrogen and oxygen atoms in total. The number of anilines is 3. The van der Waals surface area contributed by atoms with Crippen molar-refractivity contribution in [2.45, 2.75) is 82.5 Å². The first-order valence-electron chi connectivity index (χ1n) is 24.5. The largest absolute Gasteiger partial charge is 0.309 e. The molecule has 1 heterocycles. The SMILES string of the molecule is CC1(C)c2ccccc2-c2ccc(-c3ccc(N(c4ccc(C5=CCCC=C5)cc4)c4cccc5c4sc4c6c(ccc45)C(C4=CC=CCC4)(C4CC=CCC4)C4=C6C=CCC4)cc3)cc21. The molecular formula is C64H55NS. The van der Waals surface area contributed by atoms with Gasteiger partial charge < -0.3 is 4.90 Å². The van der Waals surface area contributed by atoms with Crippen LogP contribution in [0.25, 0.3) is 53.6 Å². The monoisotopic (exact) mass is 869 g/mol. The van der Waals surface area contributed by atoms with Crippen molar-refractivity contribution in [3.05, 3.63) is 221 Å². The molecule has 0 saturated heterocycles. The van der Waals surface area contributed by atoms with Crippen molar-refractivity contribution >= 4 is 59.7 Å². The topological polar surface area (TPSA) is 3.24 Å². The lowest BCUT2D eigenvalue weighted by atomic mass is 9.58. The van der Waals surface area contributed by atoms with Gasteiger partial charge in [-0.15, -0.1) is 11.3 Å². The highest BCUT2D eigenvalue weighted by Crippen LogP contribution is 2.63. The summed E-state index contributed by atoms with van der Waals surface area (Å²) >= 11 is 2.02. The van der Waals surface area contributed by atoms with Crippen LogP contribution in [-0.4, -0.2) is 0 Å². The van der Waals surface area contributed by atoms with E-state index in [4.69, 9.17) is 0 Å². The van der Waals surface area contributed by atoms with Crippen LogP contribution in [-0.2, 0) is 10.8 Å². The zero-order valence-corrected chi connectivity index (χ0v) is 38.9. The van der Waals surface area contributed by atoms with Gasteiger partial charge in [0.05, 0.1) is 10.4 Å². The van der Waals surface area contributed by atoms with Crippen LogP contribution >= 0.6 is 11.3 Å². The van der Waals surface area contributed by atoms with E-state index >= 15 is 0 Å². The van der Waals surface area contributed by atoms with Gasteiger partial charge in [0.25, 0.3) is 0 Å². The standard InChI is InChI=1S/C64H55NS/c1-63(2)55-26-14-12-23-50(55)51-38-33-45(41-58(51)63)44-31-36-49(37-32-44)65(48-34-29-43(30-35-48)42-17-6-3-7-18-42)59-28-16-25-52-53-39-40-57-60(62(53)66-61(52)59)54-24-13-15-27-56(54)64(57,46-19-8-4-9-20-46)47-21-10-5-11-22-47/h4-6,8,10,12-14,16-19,23-26,28-41,47H,3,7,9,11,15,20-22,27H2,1-2H3. The van der Waals surface area contributed by atoms with E-state index in [1.165, 1.54) is 100 Å². The smallest absolute Gasteiger partial charge is 0.0640 e. The molecule has 2 atom stereocenters. The minimum atomic E-state index is -0.0464. The Labute approximate surface area is 394 Å². The van der Waals surface area contributed by atoms with Crippen LogP contribution in [0.2, 0.25) is 0 Å². The second-order valence-corrected chi connectivity index (χ2v) is 20.9. The molecule has 0 saturated carbocycles. The van der Waals surface area contributed by atoms with Crippen LogP contribution in [0.15, 0.2) is 193 Å². The zero-order valence-electron chi connectivity index (χ0n) is 38.1. The van der Waals surface area contributed by atoms with Crippen LogP contribution in [0.1, 0.15) is 99.5 Å². The van der Waals surface area contributed by atoms with E-state index in [2.05, 4.69) is 201 Å². The third kappa shape index (κ3) is 5.96. The Balaban J connectivity index is 0.971. The summed E-state index contributed by atoms with van der Waals surface area (Å²) in [7, 11) is 0. The van der Waals surface area contributed by atoms with Gasteiger partial charge in [0.15, 0.2) is 0 Å². The first-order valence-corrected chi connectivity index (χ1v) is 25.3. The van der Waals surface area contributed by atoms with Crippen LogP contribution in [0, 0.1) is 5.92 Å². The Kier molecular flexibility index (Phi) is 9.40. The Morgan fingerprint density at radius 2 is 1.35 bits per heavy atom. The van der Waals surface area contributed by atoms with Crippen LogP contribution < -0.4 is 4.90 Å². The molecule has 6 aromatic carbocycles. The normalized spacial score (nSPS) is 21.2. The molecule has 6 aliphatic carbocycles. The minimum Gasteiger partial charge on any atom is -0.309 e. The lowest BCUT2D eigenvalue weighted by Gasteiger charge is -2.45.